The SMILES string of the molecule is CCn1ccnc1Cc1cc(Cl)nnc1Cl. The number of nitrogens with zero attached hydrogens (tertiary/aromatic N) is 4. The van der Waals surface area contributed by atoms with Crippen molar-refractivity contribution >= 4 is 23.2 Å². The molecule has 0 aliphatic heterocycles. The summed E-state index contributed by atoms with van der Waals surface area (Å²) >= 11 is 11.7. The third-order valence-electron chi connectivity index (χ3n) is 2.28. The van der Waals surface area contributed by atoms with Gasteiger partial charge in [-0.05, 0) is 13.0 Å². The number of aromatic nitrogens is 4. The zero-order valence-electron chi connectivity index (χ0n) is 8.69. The molecule has 2 rings (SSSR count). The molecule has 0 saturated carbocycles. The highest BCUT2D eigenvalue weighted by Crippen LogP contribution is 2.18. The Morgan fingerprint density at radius 3 is 2.88 bits per heavy atom. The molecular weight excluding hydrogens is 247 g/mol. The highest BCUT2D eigenvalue weighted by molar-refractivity contribution is 6.31. The third kappa shape index (κ3) is 2.33. The third-order valence-corrected chi connectivity index (χ3v) is 2.79. The van der Waals surface area contributed by atoms with E-state index >= 15 is 0 Å². The molecule has 0 unspecified atom stereocenters. The Morgan fingerprint density at radius 2 is 2.12 bits per heavy atom. The molecule has 0 saturated heterocycles. The first kappa shape index (κ1) is 11.4. The number of hydrogen-bond acceptors (Lipinski definition) is 3. The Morgan fingerprint density at radius 1 is 1.31 bits per heavy atom. The fourth-order valence-corrected chi connectivity index (χ4v) is 1.81. The maximum atomic E-state index is 5.94. The molecule has 0 aliphatic rings. The van der Waals surface area contributed by atoms with Gasteiger partial charge in [0.05, 0.1) is 0 Å². The zero-order chi connectivity index (χ0) is 11.5. The van der Waals surface area contributed by atoms with Crippen LogP contribution < -0.4 is 0 Å². The molecule has 2 aromatic rings. The van der Waals surface area contributed by atoms with Gasteiger partial charge in [0.15, 0.2) is 10.3 Å². The summed E-state index contributed by atoms with van der Waals surface area (Å²) in [5, 5.41) is 8.14. The van der Waals surface area contributed by atoms with Crippen LogP contribution in [-0.2, 0) is 13.0 Å². The molecule has 0 fully saturated rings. The minimum Gasteiger partial charge on any atom is -0.335 e. The van der Waals surface area contributed by atoms with Gasteiger partial charge in [-0.25, -0.2) is 4.98 Å². The second kappa shape index (κ2) is 4.80. The monoisotopic (exact) mass is 256 g/mol. The van der Waals surface area contributed by atoms with Gasteiger partial charge >= 0.3 is 0 Å². The summed E-state index contributed by atoms with van der Waals surface area (Å²) in [5.41, 5.74) is 0.836. The average molecular weight is 257 g/mol. The molecule has 6 heteroatoms. The second-order valence-electron chi connectivity index (χ2n) is 3.29. The maximum absolute atomic E-state index is 5.94. The second-order valence-corrected chi connectivity index (χ2v) is 4.03. The smallest absolute Gasteiger partial charge is 0.155 e. The minimum absolute atomic E-state index is 0.342. The van der Waals surface area contributed by atoms with Crippen molar-refractivity contribution in [1.82, 2.24) is 19.7 Å². The minimum atomic E-state index is 0.342. The van der Waals surface area contributed by atoms with Gasteiger partial charge < -0.3 is 4.57 Å². The van der Waals surface area contributed by atoms with Crippen molar-refractivity contribution in [3.05, 3.63) is 40.2 Å². The Kier molecular flexibility index (Phi) is 3.41. The van der Waals surface area contributed by atoms with Gasteiger partial charge in [-0.15, -0.1) is 10.2 Å². The Labute approximate surface area is 103 Å². The molecule has 0 aliphatic carbocycles. The van der Waals surface area contributed by atoms with Crippen molar-refractivity contribution in [2.75, 3.05) is 0 Å². The number of hydrogen-bond donors (Lipinski definition) is 0. The molecule has 0 amide bonds. The number of aryl methyl sites for hydroxylation is 1. The van der Waals surface area contributed by atoms with Crippen LogP contribution in [0.25, 0.3) is 0 Å². The molecule has 84 valence electrons. The van der Waals surface area contributed by atoms with E-state index in [0.29, 0.717) is 16.7 Å². The number of halogens is 2. The van der Waals surface area contributed by atoms with Crippen LogP contribution in [0.15, 0.2) is 18.5 Å². The number of rotatable bonds is 3. The average Bonchev–Trinajstić information content (AvgIpc) is 2.71. The molecule has 4 nitrogen and oxygen atoms in total. The fraction of sp³-hybridized carbons (Fsp3) is 0.300. The van der Waals surface area contributed by atoms with E-state index in [0.717, 1.165) is 17.9 Å². The van der Waals surface area contributed by atoms with E-state index in [4.69, 9.17) is 23.2 Å². The Hall–Kier alpha value is -1.13. The van der Waals surface area contributed by atoms with E-state index < -0.39 is 0 Å². The van der Waals surface area contributed by atoms with Crippen LogP contribution in [0, 0.1) is 0 Å². The van der Waals surface area contributed by atoms with E-state index in [9.17, 15) is 0 Å². The standard InChI is InChI=1S/C10H10Cl2N4/c1-2-16-4-3-13-9(16)6-7-5-8(11)14-15-10(7)12/h3-5H,2,6H2,1H3. The van der Waals surface area contributed by atoms with E-state index in [1.807, 2.05) is 10.8 Å². The van der Waals surface area contributed by atoms with Crippen LogP contribution in [-0.4, -0.2) is 19.7 Å². The van der Waals surface area contributed by atoms with Gasteiger partial charge in [0.1, 0.15) is 5.82 Å². The van der Waals surface area contributed by atoms with Gasteiger partial charge in [0, 0.05) is 30.9 Å². The lowest BCUT2D eigenvalue weighted by Gasteiger charge is -2.05. The van der Waals surface area contributed by atoms with E-state index in [1.165, 1.54) is 0 Å². The lowest BCUT2D eigenvalue weighted by Crippen LogP contribution is -2.03. The molecule has 16 heavy (non-hydrogen) atoms. The van der Waals surface area contributed by atoms with E-state index in [2.05, 4.69) is 22.1 Å². The Bertz CT molecular complexity index is 495. The zero-order valence-corrected chi connectivity index (χ0v) is 10.2. The van der Waals surface area contributed by atoms with Crippen molar-refractivity contribution in [3.63, 3.8) is 0 Å². The van der Waals surface area contributed by atoms with Gasteiger partial charge in [0.25, 0.3) is 0 Å². The highest BCUT2D eigenvalue weighted by Gasteiger charge is 2.08. The van der Waals surface area contributed by atoms with Crippen LogP contribution in [0.5, 0.6) is 0 Å². The van der Waals surface area contributed by atoms with Gasteiger partial charge in [-0.3, -0.25) is 0 Å². The van der Waals surface area contributed by atoms with Crippen molar-refractivity contribution < 1.29 is 0 Å². The molecule has 2 heterocycles. The van der Waals surface area contributed by atoms with Crippen LogP contribution in [0.4, 0.5) is 0 Å². The molecule has 0 radical (unpaired) electrons. The molecule has 0 spiro atoms. The molecule has 0 N–H and O–H groups in total. The van der Waals surface area contributed by atoms with Crippen LogP contribution in [0.3, 0.4) is 0 Å². The first-order valence-electron chi connectivity index (χ1n) is 4.88. The first-order chi connectivity index (χ1) is 7.70. The fourth-order valence-electron chi connectivity index (χ4n) is 1.48. The largest absolute Gasteiger partial charge is 0.335 e. The summed E-state index contributed by atoms with van der Waals surface area (Å²) in [6.45, 7) is 2.93. The van der Waals surface area contributed by atoms with Crippen molar-refractivity contribution in [2.45, 2.75) is 19.9 Å². The van der Waals surface area contributed by atoms with E-state index in [-0.39, 0.29) is 0 Å². The van der Waals surface area contributed by atoms with Gasteiger partial charge in [0.2, 0.25) is 0 Å². The van der Waals surface area contributed by atoms with Gasteiger partial charge in [-0.2, -0.15) is 0 Å². The lowest BCUT2D eigenvalue weighted by molar-refractivity contribution is 0.711. The maximum Gasteiger partial charge on any atom is 0.155 e. The number of imidazole rings is 1. The van der Waals surface area contributed by atoms with Crippen molar-refractivity contribution in [2.24, 2.45) is 0 Å². The van der Waals surface area contributed by atoms with Crippen molar-refractivity contribution in [1.29, 1.82) is 0 Å². The topological polar surface area (TPSA) is 43.6 Å². The van der Waals surface area contributed by atoms with E-state index in [1.54, 1.807) is 12.3 Å². The quantitative estimate of drug-likeness (QED) is 0.848. The van der Waals surface area contributed by atoms with Crippen LogP contribution in [0.2, 0.25) is 10.3 Å². The predicted octanol–water partition coefficient (Wildman–Crippen LogP) is 2.59. The highest BCUT2D eigenvalue weighted by atomic mass is 35.5. The van der Waals surface area contributed by atoms with Gasteiger partial charge in [-0.1, -0.05) is 23.2 Å². The normalized spacial score (nSPS) is 10.7. The molecule has 0 aromatic carbocycles. The van der Waals surface area contributed by atoms with Crippen molar-refractivity contribution in [3.8, 4) is 0 Å². The predicted molar refractivity (Wildman–Crippen MR) is 62.8 cm³/mol. The summed E-state index contributed by atoms with van der Waals surface area (Å²) in [6, 6.07) is 1.71. The molecular formula is C10H10Cl2N4. The summed E-state index contributed by atoms with van der Waals surface area (Å²) < 4.78 is 2.05. The molecule has 2 aromatic heterocycles. The molecule has 0 bridgehead atoms. The summed E-state index contributed by atoms with van der Waals surface area (Å²) in [7, 11) is 0. The Balaban J connectivity index is 2.30. The van der Waals surface area contributed by atoms with Crippen LogP contribution >= 0.6 is 23.2 Å². The summed E-state index contributed by atoms with van der Waals surface area (Å²) in [5.74, 6) is 0.938. The summed E-state index contributed by atoms with van der Waals surface area (Å²) in [4.78, 5) is 4.27. The molecule has 0 atom stereocenters. The van der Waals surface area contributed by atoms with Crippen LogP contribution in [0.1, 0.15) is 18.3 Å². The summed E-state index contributed by atoms with van der Waals surface area (Å²) in [6.07, 6.45) is 4.30. The lowest BCUT2D eigenvalue weighted by atomic mass is 10.2. The first-order valence-corrected chi connectivity index (χ1v) is 5.64.